The minimum Gasteiger partial charge on any atom is -0.342 e. The molecule has 1 saturated carbocycles. The standard InChI is InChI=1S/C17H26N2OS/c1-17(2,3)18-11-13-6-5-7-15(10-13)21-12-16(20)19(4)14-8-9-14/h5-7,10,14,18H,8-9,11-12H2,1-4H3. The summed E-state index contributed by atoms with van der Waals surface area (Å²) in [5.74, 6) is 0.768. The molecule has 2 rings (SSSR count). The molecule has 0 aromatic heterocycles. The molecule has 0 spiro atoms. The summed E-state index contributed by atoms with van der Waals surface area (Å²) in [5.41, 5.74) is 1.38. The Hall–Kier alpha value is -1.00. The van der Waals surface area contributed by atoms with Crippen LogP contribution in [-0.4, -0.2) is 35.2 Å². The van der Waals surface area contributed by atoms with Crippen molar-refractivity contribution in [2.75, 3.05) is 12.8 Å². The van der Waals surface area contributed by atoms with E-state index in [9.17, 15) is 4.79 Å². The Balaban J connectivity index is 1.84. The lowest BCUT2D eigenvalue weighted by Crippen LogP contribution is -2.35. The van der Waals surface area contributed by atoms with Crippen molar-refractivity contribution in [2.45, 2.75) is 56.6 Å². The monoisotopic (exact) mass is 306 g/mol. The van der Waals surface area contributed by atoms with Crippen molar-refractivity contribution in [3.63, 3.8) is 0 Å². The van der Waals surface area contributed by atoms with Gasteiger partial charge in [-0.25, -0.2) is 0 Å². The molecule has 0 aliphatic heterocycles. The molecule has 1 aliphatic carbocycles. The molecule has 0 radical (unpaired) electrons. The largest absolute Gasteiger partial charge is 0.342 e. The lowest BCUT2D eigenvalue weighted by molar-refractivity contribution is -0.127. The molecule has 116 valence electrons. The van der Waals surface area contributed by atoms with Crippen LogP contribution in [0.1, 0.15) is 39.2 Å². The van der Waals surface area contributed by atoms with E-state index in [0.717, 1.165) is 6.54 Å². The third kappa shape index (κ3) is 5.71. The predicted molar refractivity (Wildman–Crippen MR) is 89.6 cm³/mol. The van der Waals surface area contributed by atoms with E-state index in [1.165, 1.54) is 23.3 Å². The van der Waals surface area contributed by atoms with Crippen LogP contribution in [0, 0.1) is 0 Å². The van der Waals surface area contributed by atoms with E-state index < -0.39 is 0 Å². The number of rotatable bonds is 6. The van der Waals surface area contributed by atoms with E-state index >= 15 is 0 Å². The highest BCUT2D eigenvalue weighted by molar-refractivity contribution is 8.00. The Morgan fingerprint density at radius 1 is 1.38 bits per heavy atom. The highest BCUT2D eigenvalue weighted by Crippen LogP contribution is 2.27. The molecule has 1 fully saturated rings. The molecule has 0 atom stereocenters. The maximum absolute atomic E-state index is 12.0. The zero-order chi connectivity index (χ0) is 15.5. The lowest BCUT2D eigenvalue weighted by Gasteiger charge is -2.20. The SMILES string of the molecule is CN(C(=O)CSc1cccc(CNC(C)(C)C)c1)C1CC1. The van der Waals surface area contributed by atoms with Crippen LogP contribution in [0.3, 0.4) is 0 Å². The quantitative estimate of drug-likeness (QED) is 0.819. The van der Waals surface area contributed by atoms with Crippen LogP contribution in [0.25, 0.3) is 0 Å². The molecule has 0 saturated heterocycles. The van der Waals surface area contributed by atoms with Crippen molar-refractivity contribution in [2.24, 2.45) is 0 Å². The highest BCUT2D eigenvalue weighted by atomic mass is 32.2. The summed E-state index contributed by atoms with van der Waals surface area (Å²) in [7, 11) is 1.92. The van der Waals surface area contributed by atoms with Crippen LogP contribution < -0.4 is 5.32 Å². The lowest BCUT2D eigenvalue weighted by atomic mass is 10.1. The number of amides is 1. The number of nitrogens with zero attached hydrogens (tertiary/aromatic N) is 1. The van der Waals surface area contributed by atoms with Gasteiger partial charge in [-0.05, 0) is 51.3 Å². The minimum absolute atomic E-state index is 0.117. The molecule has 21 heavy (non-hydrogen) atoms. The Bertz CT molecular complexity index is 492. The van der Waals surface area contributed by atoms with Crippen molar-refractivity contribution in [3.8, 4) is 0 Å². The number of carbonyl (C=O) groups excluding carboxylic acids is 1. The van der Waals surface area contributed by atoms with E-state index in [0.29, 0.717) is 11.8 Å². The number of hydrogen-bond acceptors (Lipinski definition) is 3. The molecule has 1 aromatic carbocycles. The topological polar surface area (TPSA) is 32.3 Å². The Kier molecular flexibility index (Phi) is 5.33. The average molecular weight is 306 g/mol. The summed E-state index contributed by atoms with van der Waals surface area (Å²) in [6, 6.07) is 8.95. The third-order valence-corrected chi connectivity index (χ3v) is 4.55. The van der Waals surface area contributed by atoms with E-state index in [1.807, 2.05) is 11.9 Å². The summed E-state index contributed by atoms with van der Waals surface area (Å²) < 4.78 is 0. The van der Waals surface area contributed by atoms with Gasteiger partial charge >= 0.3 is 0 Å². The van der Waals surface area contributed by atoms with Crippen molar-refractivity contribution in [1.82, 2.24) is 10.2 Å². The second kappa shape index (κ2) is 6.84. The zero-order valence-electron chi connectivity index (χ0n) is 13.5. The molecule has 4 heteroatoms. The van der Waals surface area contributed by atoms with Gasteiger partial charge in [0, 0.05) is 30.1 Å². The van der Waals surface area contributed by atoms with Crippen molar-refractivity contribution in [1.29, 1.82) is 0 Å². The molecule has 1 aromatic rings. The molecule has 1 aliphatic rings. The molecule has 0 heterocycles. The van der Waals surface area contributed by atoms with Gasteiger partial charge in [0.1, 0.15) is 0 Å². The van der Waals surface area contributed by atoms with Gasteiger partial charge in [0.2, 0.25) is 5.91 Å². The summed E-state index contributed by atoms with van der Waals surface area (Å²) in [6.45, 7) is 7.35. The first kappa shape index (κ1) is 16.4. The fourth-order valence-electron chi connectivity index (χ4n) is 2.02. The summed E-state index contributed by atoms with van der Waals surface area (Å²) in [4.78, 5) is 15.1. The van der Waals surface area contributed by atoms with Gasteiger partial charge in [-0.1, -0.05) is 12.1 Å². The Morgan fingerprint density at radius 2 is 2.10 bits per heavy atom. The first-order valence-electron chi connectivity index (χ1n) is 7.57. The van der Waals surface area contributed by atoms with Crippen LogP contribution >= 0.6 is 11.8 Å². The smallest absolute Gasteiger partial charge is 0.232 e. The molecular weight excluding hydrogens is 280 g/mol. The predicted octanol–water partition coefficient (Wildman–Crippen LogP) is 3.29. The van der Waals surface area contributed by atoms with Crippen LogP contribution in [0.4, 0.5) is 0 Å². The summed E-state index contributed by atoms with van der Waals surface area (Å²) in [5, 5.41) is 3.49. The maximum atomic E-state index is 12.0. The second-order valence-corrected chi connectivity index (χ2v) is 7.82. The maximum Gasteiger partial charge on any atom is 0.232 e. The van der Waals surface area contributed by atoms with E-state index in [2.05, 4.69) is 50.4 Å². The van der Waals surface area contributed by atoms with E-state index in [1.54, 1.807) is 11.8 Å². The molecular formula is C17H26N2OS. The van der Waals surface area contributed by atoms with Crippen molar-refractivity contribution >= 4 is 17.7 Å². The fourth-order valence-corrected chi connectivity index (χ4v) is 2.93. The number of thioether (sulfide) groups is 1. The molecule has 0 unspecified atom stereocenters. The van der Waals surface area contributed by atoms with Gasteiger partial charge in [-0.2, -0.15) is 0 Å². The van der Waals surface area contributed by atoms with Crippen molar-refractivity contribution < 1.29 is 4.79 Å². The first-order chi connectivity index (χ1) is 9.85. The van der Waals surface area contributed by atoms with Crippen LogP contribution in [0.2, 0.25) is 0 Å². The molecule has 3 nitrogen and oxygen atoms in total. The van der Waals surface area contributed by atoms with Crippen LogP contribution in [0.5, 0.6) is 0 Å². The highest BCUT2D eigenvalue weighted by Gasteiger charge is 2.29. The molecule has 1 amide bonds. The van der Waals surface area contributed by atoms with Gasteiger partial charge in [-0.15, -0.1) is 11.8 Å². The summed E-state index contributed by atoms with van der Waals surface area (Å²) >= 11 is 1.63. The number of benzene rings is 1. The van der Waals surface area contributed by atoms with E-state index in [-0.39, 0.29) is 11.4 Å². The van der Waals surface area contributed by atoms with Gasteiger partial charge < -0.3 is 10.2 Å². The van der Waals surface area contributed by atoms with Crippen molar-refractivity contribution in [3.05, 3.63) is 29.8 Å². The van der Waals surface area contributed by atoms with Gasteiger partial charge in [0.25, 0.3) is 0 Å². The first-order valence-corrected chi connectivity index (χ1v) is 8.56. The minimum atomic E-state index is 0.117. The second-order valence-electron chi connectivity index (χ2n) is 6.78. The fraction of sp³-hybridized carbons (Fsp3) is 0.588. The van der Waals surface area contributed by atoms with Gasteiger partial charge in [-0.3, -0.25) is 4.79 Å². The molecule has 0 bridgehead atoms. The van der Waals surface area contributed by atoms with Gasteiger partial charge in [0.15, 0.2) is 0 Å². The molecule has 1 N–H and O–H groups in total. The summed E-state index contributed by atoms with van der Waals surface area (Å²) in [6.07, 6.45) is 2.34. The average Bonchev–Trinajstić information content (AvgIpc) is 3.26. The zero-order valence-corrected chi connectivity index (χ0v) is 14.3. The van der Waals surface area contributed by atoms with Crippen LogP contribution in [-0.2, 0) is 11.3 Å². The van der Waals surface area contributed by atoms with Gasteiger partial charge in [0.05, 0.1) is 5.75 Å². The Labute approximate surface area is 132 Å². The normalized spacial score (nSPS) is 15.0. The Morgan fingerprint density at radius 3 is 2.71 bits per heavy atom. The number of hydrogen-bond donors (Lipinski definition) is 1. The van der Waals surface area contributed by atoms with Crippen LogP contribution in [0.15, 0.2) is 29.2 Å². The van der Waals surface area contributed by atoms with E-state index in [4.69, 9.17) is 0 Å². The third-order valence-electron chi connectivity index (χ3n) is 3.57. The number of nitrogens with one attached hydrogen (secondary N) is 1. The number of carbonyl (C=O) groups is 1.